The first-order valence-corrected chi connectivity index (χ1v) is 11.1. The van der Waals surface area contributed by atoms with Crippen LogP contribution in [-0.4, -0.2) is 20.2 Å². The Kier molecular flexibility index (Phi) is 4.88. The van der Waals surface area contributed by atoms with Gasteiger partial charge in [0.25, 0.3) is 0 Å². The fraction of sp³-hybridized carbons (Fsp3) is 0.421. The van der Waals surface area contributed by atoms with E-state index >= 15 is 0 Å². The highest BCUT2D eigenvalue weighted by Gasteiger charge is 2.63. The summed E-state index contributed by atoms with van der Waals surface area (Å²) < 4.78 is 24.1. The summed E-state index contributed by atoms with van der Waals surface area (Å²) in [6.07, 6.45) is 0.884. The van der Waals surface area contributed by atoms with Crippen LogP contribution in [0.5, 0.6) is 0 Å². The largest absolute Gasteiger partial charge is 0.333 e. The number of hydrogen-bond donors (Lipinski definition) is 2. The van der Waals surface area contributed by atoms with Crippen molar-refractivity contribution in [2.24, 2.45) is 5.41 Å². The maximum Gasteiger partial charge on any atom is 0.315 e. The molecule has 2 aromatic rings. The molecular formula is C19H24N2O3S2. The summed E-state index contributed by atoms with van der Waals surface area (Å²) in [4.78, 5) is 13.3. The van der Waals surface area contributed by atoms with Crippen LogP contribution in [0.2, 0.25) is 0 Å². The zero-order chi connectivity index (χ0) is 19.0. The van der Waals surface area contributed by atoms with Gasteiger partial charge in [0.1, 0.15) is 4.21 Å². The fourth-order valence-electron chi connectivity index (χ4n) is 3.29. The lowest BCUT2D eigenvalue weighted by Gasteiger charge is -2.23. The molecule has 2 N–H and O–H groups in total. The number of carbonyl (C=O) groups is 1. The van der Waals surface area contributed by atoms with Gasteiger partial charge >= 0.3 is 6.03 Å². The summed E-state index contributed by atoms with van der Waals surface area (Å²) >= 11 is 1.21. The highest BCUT2D eigenvalue weighted by Crippen LogP contribution is 2.62. The van der Waals surface area contributed by atoms with Crippen molar-refractivity contribution in [2.75, 3.05) is 5.75 Å². The Morgan fingerprint density at radius 2 is 1.81 bits per heavy atom. The van der Waals surface area contributed by atoms with Crippen molar-refractivity contribution in [1.29, 1.82) is 0 Å². The van der Waals surface area contributed by atoms with E-state index in [9.17, 15) is 13.2 Å². The van der Waals surface area contributed by atoms with Gasteiger partial charge < -0.3 is 10.6 Å². The third-order valence-electron chi connectivity index (χ3n) is 5.08. The van der Waals surface area contributed by atoms with Crippen molar-refractivity contribution in [1.82, 2.24) is 10.6 Å². The minimum absolute atomic E-state index is 0.00298. The maximum atomic E-state index is 12.5. The van der Waals surface area contributed by atoms with Gasteiger partial charge in [0.05, 0.1) is 17.8 Å². The molecule has 1 saturated carbocycles. The average Bonchev–Trinajstić information content (AvgIpc) is 2.97. The first kappa shape index (κ1) is 18.9. The van der Waals surface area contributed by atoms with E-state index in [0.29, 0.717) is 10.8 Å². The minimum Gasteiger partial charge on any atom is -0.333 e. The Balaban J connectivity index is 1.64. The van der Waals surface area contributed by atoms with Crippen molar-refractivity contribution >= 4 is 27.2 Å². The van der Waals surface area contributed by atoms with Gasteiger partial charge in [-0.25, -0.2) is 13.2 Å². The second-order valence-electron chi connectivity index (χ2n) is 7.26. The van der Waals surface area contributed by atoms with Crippen LogP contribution in [0.25, 0.3) is 0 Å². The first-order valence-electron chi connectivity index (χ1n) is 8.63. The second-order valence-corrected chi connectivity index (χ2v) is 10.9. The molecule has 7 heteroatoms. The van der Waals surface area contributed by atoms with Crippen molar-refractivity contribution < 1.29 is 13.2 Å². The monoisotopic (exact) mass is 392 g/mol. The zero-order valence-corrected chi connectivity index (χ0v) is 16.8. The molecule has 3 rings (SSSR count). The number of rotatable bonds is 6. The molecule has 5 nitrogen and oxygen atoms in total. The molecule has 1 atom stereocenters. The second kappa shape index (κ2) is 6.70. The highest BCUT2D eigenvalue weighted by molar-refractivity contribution is 7.93. The van der Waals surface area contributed by atoms with Crippen LogP contribution >= 0.6 is 11.3 Å². The molecule has 140 valence electrons. The molecule has 0 radical (unpaired) electrons. The Morgan fingerprint density at radius 3 is 2.38 bits per heavy atom. The summed E-state index contributed by atoms with van der Waals surface area (Å²) in [5.74, 6) is 0.0789. The van der Waals surface area contributed by atoms with Crippen LogP contribution in [0.15, 0.2) is 46.7 Å². The molecular weight excluding hydrogens is 368 g/mol. The zero-order valence-electron chi connectivity index (χ0n) is 15.2. The fourth-order valence-corrected chi connectivity index (χ4v) is 5.71. The van der Waals surface area contributed by atoms with Gasteiger partial charge in [-0.3, -0.25) is 0 Å². The van der Waals surface area contributed by atoms with E-state index in [0.717, 1.165) is 16.9 Å². The number of hydrogen-bond acceptors (Lipinski definition) is 4. The summed E-state index contributed by atoms with van der Waals surface area (Å²) in [6, 6.07) is 13.1. The number of sulfone groups is 1. The van der Waals surface area contributed by atoms with Gasteiger partial charge in [-0.15, -0.1) is 11.3 Å². The summed E-state index contributed by atoms with van der Waals surface area (Å²) in [7, 11) is -3.20. The molecule has 1 aromatic heterocycles. The number of amides is 2. The van der Waals surface area contributed by atoms with Crippen LogP contribution in [0.1, 0.15) is 37.6 Å². The number of urea groups is 1. The number of carbonyl (C=O) groups excluding carboxylic acids is 1. The quantitative estimate of drug-likeness (QED) is 0.788. The van der Waals surface area contributed by atoms with E-state index in [1.165, 1.54) is 11.3 Å². The Labute approximate surface area is 158 Å². The lowest BCUT2D eigenvalue weighted by atomic mass is 9.96. The number of nitrogens with one attached hydrogen (secondary N) is 2. The Hall–Kier alpha value is -1.86. The van der Waals surface area contributed by atoms with E-state index in [1.807, 2.05) is 30.3 Å². The van der Waals surface area contributed by atoms with E-state index < -0.39 is 9.84 Å². The van der Waals surface area contributed by atoms with Crippen LogP contribution in [0, 0.1) is 5.41 Å². The molecule has 26 heavy (non-hydrogen) atoms. The number of thiophene rings is 1. The number of benzene rings is 1. The summed E-state index contributed by atoms with van der Waals surface area (Å²) in [5.41, 5.74) is 0.745. The van der Waals surface area contributed by atoms with Crippen LogP contribution in [0.3, 0.4) is 0 Å². The normalized spacial score (nSPS) is 21.2. The minimum atomic E-state index is -3.20. The molecule has 1 heterocycles. The van der Waals surface area contributed by atoms with Gasteiger partial charge in [-0.05, 0) is 29.5 Å². The van der Waals surface area contributed by atoms with Gasteiger partial charge in [0.15, 0.2) is 9.84 Å². The SMILES string of the molecule is CCS(=O)(=O)c1ccc(CNC(=O)NC2(c3ccccc3)CC2(C)C)s1. The molecule has 0 saturated heterocycles. The van der Waals surface area contributed by atoms with Crippen LogP contribution < -0.4 is 10.6 Å². The molecule has 1 fully saturated rings. The molecule has 0 spiro atoms. The average molecular weight is 393 g/mol. The van der Waals surface area contributed by atoms with Crippen molar-refractivity contribution in [3.63, 3.8) is 0 Å². The third kappa shape index (κ3) is 3.50. The maximum absolute atomic E-state index is 12.5. The van der Waals surface area contributed by atoms with E-state index in [-0.39, 0.29) is 22.7 Å². The van der Waals surface area contributed by atoms with Crippen molar-refractivity contribution in [3.05, 3.63) is 52.9 Å². The van der Waals surface area contributed by atoms with Gasteiger partial charge in [0.2, 0.25) is 0 Å². The van der Waals surface area contributed by atoms with Crippen LogP contribution in [0.4, 0.5) is 4.79 Å². The molecule has 0 aliphatic heterocycles. The smallest absolute Gasteiger partial charge is 0.315 e. The lowest BCUT2D eigenvalue weighted by Crippen LogP contribution is -2.44. The van der Waals surface area contributed by atoms with Gasteiger partial charge in [-0.1, -0.05) is 51.1 Å². The molecule has 1 aromatic carbocycles. The summed E-state index contributed by atoms with van der Waals surface area (Å²) in [6.45, 7) is 6.21. The predicted molar refractivity (Wildman–Crippen MR) is 104 cm³/mol. The standard InChI is InChI=1S/C19H24N2O3S2/c1-4-26(23,24)16-11-10-15(25-16)12-20-17(22)21-19(13-18(19,2)3)14-8-6-5-7-9-14/h5-11H,4,12-13H2,1-3H3,(H2,20,21,22). The Morgan fingerprint density at radius 1 is 1.15 bits per heavy atom. The van der Waals surface area contributed by atoms with Crippen molar-refractivity contribution in [2.45, 2.75) is 43.5 Å². The van der Waals surface area contributed by atoms with E-state index in [4.69, 9.17) is 0 Å². The molecule has 1 aliphatic carbocycles. The van der Waals surface area contributed by atoms with Gasteiger partial charge in [-0.2, -0.15) is 0 Å². The van der Waals surface area contributed by atoms with Gasteiger partial charge in [0, 0.05) is 4.88 Å². The highest BCUT2D eigenvalue weighted by atomic mass is 32.2. The lowest BCUT2D eigenvalue weighted by molar-refractivity contribution is 0.232. The van der Waals surface area contributed by atoms with Crippen LogP contribution in [-0.2, 0) is 21.9 Å². The van der Waals surface area contributed by atoms with E-state index in [2.05, 4.69) is 24.5 Å². The molecule has 1 aliphatic rings. The summed E-state index contributed by atoms with van der Waals surface area (Å²) in [5, 5.41) is 5.98. The van der Waals surface area contributed by atoms with E-state index in [1.54, 1.807) is 19.1 Å². The Bertz CT molecular complexity index is 904. The molecule has 0 bridgehead atoms. The van der Waals surface area contributed by atoms with Crippen molar-refractivity contribution in [3.8, 4) is 0 Å². The first-order chi connectivity index (χ1) is 12.2. The third-order valence-corrected chi connectivity index (χ3v) is 8.48. The topological polar surface area (TPSA) is 75.3 Å². The predicted octanol–water partition coefficient (Wildman–Crippen LogP) is 3.67. The molecule has 2 amide bonds. The molecule has 1 unspecified atom stereocenters.